The van der Waals surface area contributed by atoms with E-state index in [1.807, 2.05) is 13.8 Å². The van der Waals surface area contributed by atoms with Crippen molar-refractivity contribution in [1.82, 2.24) is 5.32 Å². The molecule has 1 amide bonds. The van der Waals surface area contributed by atoms with E-state index in [1.165, 1.54) is 18.2 Å². The van der Waals surface area contributed by atoms with E-state index in [2.05, 4.69) is 10.6 Å². The summed E-state index contributed by atoms with van der Waals surface area (Å²) in [5, 5.41) is 16.5. The maximum Gasteiger partial charge on any atom is 0.293 e. The van der Waals surface area contributed by atoms with Gasteiger partial charge in [-0.15, -0.1) is 0 Å². The van der Waals surface area contributed by atoms with Crippen LogP contribution in [0.2, 0.25) is 0 Å². The monoisotopic (exact) mass is 293 g/mol. The lowest BCUT2D eigenvalue weighted by Crippen LogP contribution is -2.28. The largest absolute Gasteiger partial charge is 0.379 e. The van der Waals surface area contributed by atoms with Gasteiger partial charge in [0.05, 0.1) is 4.92 Å². The summed E-state index contributed by atoms with van der Waals surface area (Å²) < 4.78 is 0. The van der Waals surface area contributed by atoms with E-state index in [9.17, 15) is 19.7 Å². The van der Waals surface area contributed by atoms with Crippen LogP contribution in [0.25, 0.3) is 0 Å². The third-order valence-electron chi connectivity index (χ3n) is 2.73. The number of rotatable bonds is 8. The van der Waals surface area contributed by atoms with Gasteiger partial charge in [0.15, 0.2) is 0 Å². The zero-order chi connectivity index (χ0) is 15.8. The fraction of sp³-hybridized carbons (Fsp3) is 0.429. The molecule has 0 aliphatic carbocycles. The summed E-state index contributed by atoms with van der Waals surface area (Å²) >= 11 is 0. The first kappa shape index (κ1) is 16.6. The van der Waals surface area contributed by atoms with E-state index in [0.29, 0.717) is 24.4 Å². The van der Waals surface area contributed by atoms with Gasteiger partial charge in [0.2, 0.25) is 5.91 Å². The zero-order valence-electron chi connectivity index (χ0n) is 12.1. The van der Waals surface area contributed by atoms with E-state index in [-0.39, 0.29) is 30.1 Å². The van der Waals surface area contributed by atoms with Crippen molar-refractivity contribution in [2.75, 3.05) is 18.4 Å². The lowest BCUT2D eigenvalue weighted by atomic mass is 10.2. The standard InChI is InChI=1S/C14H19N3O4/c1-10(2)8-16-14(19)5-6-15-12-4-3-11(9-18)7-13(12)17(20)21/h3-4,7,9-10,15H,5-6,8H2,1-2H3,(H,16,19). The normalized spacial score (nSPS) is 10.2. The van der Waals surface area contributed by atoms with Crippen molar-refractivity contribution in [3.8, 4) is 0 Å². The number of carbonyl (C=O) groups excluding carboxylic acids is 2. The number of nitrogens with zero attached hydrogens (tertiary/aromatic N) is 1. The smallest absolute Gasteiger partial charge is 0.293 e. The van der Waals surface area contributed by atoms with Crippen LogP contribution in [-0.2, 0) is 4.79 Å². The highest BCUT2D eigenvalue weighted by Crippen LogP contribution is 2.24. The van der Waals surface area contributed by atoms with Crippen LogP contribution in [0, 0.1) is 16.0 Å². The van der Waals surface area contributed by atoms with Gasteiger partial charge in [0.25, 0.3) is 5.69 Å². The predicted octanol–water partition coefficient (Wildman–Crippen LogP) is 1.98. The van der Waals surface area contributed by atoms with Crippen LogP contribution in [0.15, 0.2) is 18.2 Å². The van der Waals surface area contributed by atoms with Gasteiger partial charge >= 0.3 is 0 Å². The first-order valence-electron chi connectivity index (χ1n) is 6.68. The maximum atomic E-state index is 11.5. The highest BCUT2D eigenvalue weighted by Gasteiger charge is 2.14. The Balaban J connectivity index is 2.57. The molecule has 0 aliphatic rings. The Bertz CT molecular complexity index is 529. The van der Waals surface area contributed by atoms with E-state index >= 15 is 0 Å². The zero-order valence-corrected chi connectivity index (χ0v) is 12.1. The fourth-order valence-electron chi connectivity index (χ4n) is 1.64. The van der Waals surface area contributed by atoms with Gasteiger partial charge in [0, 0.05) is 31.1 Å². The van der Waals surface area contributed by atoms with Crippen molar-refractivity contribution < 1.29 is 14.5 Å². The SMILES string of the molecule is CC(C)CNC(=O)CCNc1ccc(C=O)cc1[N+](=O)[O-]. The van der Waals surface area contributed by atoms with Gasteiger partial charge in [-0.25, -0.2) is 0 Å². The number of nitrogens with one attached hydrogen (secondary N) is 2. The van der Waals surface area contributed by atoms with Crippen LogP contribution in [0.1, 0.15) is 30.6 Å². The second-order valence-corrected chi connectivity index (χ2v) is 5.03. The third kappa shape index (κ3) is 5.60. The van der Waals surface area contributed by atoms with Gasteiger partial charge in [-0.2, -0.15) is 0 Å². The van der Waals surface area contributed by atoms with Gasteiger partial charge in [-0.3, -0.25) is 19.7 Å². The van der Waals surface area contributed by atoms with E-state index in [1.54, 1.807) is 0 Å². The van der Waals surface area contributed by atoms with Crippen molar-refractivity contribution in [3.05, 3.63) is 33.9 Å². The van der Waals surface area contributed by atoms with E-state index in [0.717, 1.165) is 0 Å². The Morgan fingerprint density at radius 3 is 2.71 bits per heavy atom. The molecule has 0 aliphatic heterocycles. The molecule has 0 fully saturated rings. The number of carbonyl (C=O) groups is 2. The molecule has 0 bridgehead atoms. The molecule has 21 heavy (non-hydrogen) atoms. The average Bonchev–Trinajstić information content (AvgIpc) is 2.45. The lowest BCUT2D eigenvalue weighted by Gasteiger charge is -2.09. The quantitative estimate of drug-likeness (QED) is 0.433. The summed E-state index contributed by atoms with van der Waals surface area (Å²) in [5.41, 5.74) is 0.353. The molecule has 1 aromatic rings. The summed E-state index contributed by atoms with van der Waals surface area (Å²) in [6, 6.07) is 4.16. The minimum absolute atomic E-state index is 0.108. The molecule has 1 aromatic carbocycles. The molecule has 0 aromatic heterocycles. The fourth-order valence-corrected chi connectivity index (χ4v) is 1.64. The van der Waals surface area contributed by atoms with Crippen LogP contribution in [-0.4, -0.2) is 30.2 Å². The Kier molecular flexibility index (Phi) is 6.32. The molecule has 0 saturated carbocycles. The lowest BCUT2D eigenvalue weighted by molar-refractivity contribution is -0.384. The molecule has 0 spiro atoms. The van der Waals surface area contributed by atoms with Gasteiger partial charge in [-0.1, -0.05) is 13.8 Å². The first-order valence-corrected chi connectivity index (χ1v) is 6.68. The molecule has 1 rings (SSSR count). The number of hydrogen-bond donors (Lipinski definition) is 2. The van der Waals surface area contributed by atoms with Crippen LogP contribution >= 0.6 is 0 Å². The molecular formula is C14H19N3O4. The van der Waals surface area contributed by atoms with Crippen LogP contribution < -0.4 is 10.6 Å². The minimum atomic E-state index is -0.561. The second-order valence-electron chi connectivity index (χ2n) is 5.03. The number of anilines is 1. The number of nitro benzene ring substituents is 1. The van der Waals surface area contributed by atoms with Crippen LogP contribution in [0.5, 0.6) is 0 Å². The van der Waals surface area contributed by atoms with Crippen molar-refractivity contribution in [3.63, 3.8) is 0 Å². The van der Waals surface area contributed by atoms with Gasteiger partial charge < -0.3 is 10.6 Å². The number of hydrogen-bond acceptors (Lipinski definition) is 5. The number of aldehydes is 1. The third-order valence-corrected chi connectivity index (χ3v) is 2.73. The van der Waals surface area contributed by atoms with E-state index < -0.39 is 4.92 Å². The van der Waals surface area contributed by atoms with Crippen molar-refractivity contribution >= 4 is 23.6 Å². The maximum absolute atomic E-state index is 11.5. The summed E-state index contributed by atoms with van der Waals surface area (Å²) in [7, 11) is 0. The molecule has 0 unspecified atom stereocenters. The number of benzene rings is 1. The molecule has 2 N–H and O–H groups in total. The van der Waals surface area contributed by atoms with Crippen molar-refractivity contribution in [2.24, 2.45) is 5.92 Å². The molecule has 0 saturated heterocycles. The molecule has 0 heterocycles. The minimum Gasteiger partial charge on any atom is -0.379 e. The Hall–Kier alpha value is -2.44. The van der Waals surface area contributed by atoms with Crippen LogP contribution in [0.3, 0.4) is 0 Å². The van der Waals surface area contributed by atoms with Crippen molar-refractivity contribution in [1.29, 1.82) is 0 Å². The molecule has 0 radical (unpaired) electrons. The Morgan fingerprint density at radius 2 is 2.14 bits per heavy atom. The summed E-state index contributed by atoms with van der Waals surface area (Å²) in [6.45, 7) is 4.88. The Morgan fingerprint density at radius 1 is 1.43 bits per heavy atom. The topological polar surface area (TPSA) is 101 Å². The first-order chi connectivity index (χ1) is 9.93. The Labute approximate surface area is 122 Å². The molecule has 7 nitrogen and oxygen atoms in total. The van der Waals surface area contributed by atoms with Gasteiger partial charge in [0.1, 0.15) is 12.0 Å². The molecular weight excluding hydrogens is 274 g/mol. The molecule has 114 valence electrons. The average molecular weight is 293 g/mol. The summed E-state index contributed by atoms with van der Waals surface area (Å²) in [6.07, 6.45) is 0.773. The van der Waals surface area contributed by atoms with Gasteiger partial charge in [-0.05, 0) is 18.1 Å². The molecule has 0 atom stereocenters. The second kappa shape index (κ2) is 7.98. The summed E-state index contributed by atoms with van der Waals surface area (Å²) in [4.78, 5) is 32.5. The predicted molar refractivity (Wildman–Crippen MR) is 79.4 cm³/mol. The van der Waals surface area contributed by atoms with E-state index in [4.69, 9.17) is 0 Å². The number of nitro groups is 1. The highest BCUT2D eigenvalue weighted by atomic mass is 16.6. The molecule has 7 heteroatoms. The van der Waals surface area contributed by atoms with Crippen molar-refractivity contribution in [2.45, 2.75) is 20.3 Å². The van der Waals surface area contributed by atoms with Crippen LogP contribution in [0.4, 0.5) is 11.4 Å². The summed E-state index contributed by atoms with van der Waals surface area (Å²) in [5.74, 6) is 0.266. The highest BCUT2D eigenvalue weighted by molar-refractivity contribution is 5.80. The number of amides is 1.